The molecule has 0 bridgehead atoms. The number of methoxy groups -OCH3 is 1. The van der Waals surface area contributed by atoms with E-state index in [1.807, 2.05) is 43.9 Å². The van der Waals surface area contributed by atoms with Crippen molar-refractivity contribution in [2.45, 2.75) is 39.8 Å². The van der Waals surface area contributed by atoms with Crippen LogP contribution in [0.15, 0.2) is 18.2 Å². The molecule has 0 saturated heterocycles. The second-order valence-corrected chi connectivity index (χ2v) is 5.31. The number of hydrogen-bond donors (Lipinski definition) is 2. The van der Waals surface area contributed by atoms with Gasteiger partial charge in [-0.05, 0) is 39.8 Å². The molecule has 0 fully saturated rings. The van der Waals surface area contributed by atoms with E-state index in [2.05, 4.69) is 5.32 Å². The van der Waals surface area contributed by atoms with Gasteiger partial charge in [0.1, 0.15) is 5.75 Å². The second kappa shape index (κ2) is 7.88. The van der Waals surface area contributed by atoms with Crippen molar-refractivity contribution < 1.29 is 14.6 Å². The highest BCUT2D eigenvalue weighted by molar-refractivity contribution is 5.82. The first-order valence-electron chi connectivity index (χ1n) is 7.29. The van der Waals surface area contributed by atoms with Gasteiger partial charge in [-0.15, -0.1) is 0 Å². The van der Waals surface area contributed by atoms with Gasteiger partial charge in [0.15, 0.2) is 0 Å². The lowest BCUT2D eigenvalue weighted by molar-refractivity contribution is -0.120. The van der Waals surface area contributed by atoms with Crippen LogP contribution < -0.4 is 15.0 Å². The van der Waals surface area contributed by atoms with Gasteiger partial charge in [0, 0.05) is 23.8 Å². The van der Waals surface area contributed by atoms with Gasteiger partial charge < -0.3 is 20.1 Å². The summed E-state index contributed by atoms with van der Waals surface area (Å²) in [5, 5.41) is 12.9. The summed E-state index contributed by atoms with van der Waals surface area (Å²) < 4.78 is 5.32. The summed E-state index contributed by atoms with van der Waals surface area (Å²) in [6.45, 7) is 8.46. The van der Waals surface area contributed by atoms with Crippen LogP contribution in [0.1, 0.15) is 39.4 Å². The second-order valence-electron chi connectivity index (χ2n) is 5.31. The zero-order valence-corrected chi connectivity index (χ0v) is 13.5. The van der Waals surface area contributed by atoms with Gasteiger partial charge in [-0.1, -0.05) is 6.07 Å². The number of rotatable bonds is 7. The van der Waals surface area contributed by atoms with Crippen molar-refractivity contribution >= 4 is 11.6 Å². The van der Waals surface area contributed by atoms with E-state index in [1.54, 1.807) is 14.0 Å². The molecular formula is C16H26N2O3. The monoisotopic (exact) mass is 294 g/mol. The minimum atomic E-state index is -0.668. The lowest BCUT2D eigenvalue weighted by Crippen LogP contribution is -2.40. The number of carbonyl (C=O) groups excluding carboxylic acids is 1. The number of nitrogens with one attached hydrogen (secondary N) is 1. The number of likely N-dealkylation sites (N-methyl/N-ethyl adjacent to an activating group) is 1. The van der Waals surface area contributed by atoms with Crippen molar-refractivity contribution in [1.82, 2.24) is 5.32 Å². The van der Waals surface area contributed by atoms with Crippen molar-refractivity contribution in [1.29, 1.82) is 0 Å². The summed E-state index contributed by atoms with van der Waals surface area (Å²) in [5.74, 6) is 0.594. The van der Waals surface area contributed by atoms with Crippen molar-refractivity contribution in [2.24, 2.45) is 0 Å². The van der Waals surface area contributed by atoms with E-state index in [-0.39, 0.29) is 18.5 Å². The lowest BCUT2D eigenvalue weighted by atomic mass is 10.1. The summed E-state index contributed by atoms with van der Waals surface area (Å²) in [4.78, 5) is 13.9. The van der Waals surface area contributed by atoms with Crippen LogP contribution in [0.2, 0.25) is 0 Å². The molecule has 0 heterocycles. The molecule has 0 aliphatic carbocycles. The summed E-state index contributed by atoms with van der Waals surface area (Å²) in [5.41, 5.74) is 1.53. The predicted molar refractivity (Wildman–Crippen MR) is 84.8 cm³/mol. The number of hydrogen-bond acceptors (Lipinski definition) is 4. The molecule has 1 aromatic carbocycles. The fraction of sp³-hybridized carbons (Fsp3) is 0.562. The summed E-state index contributed by atoms with van der Waals surface area (Å²) in [7, 11) is 1.58. The molecule has 118 valence electrons. The third-order valence-corrected chi connectivity index (χ3v) is 3.19. The molecule has 0 aliphatic rings. The minimum absolute atomic E-state index is 0.0359. The molecular weight excluding hydrogens is 268 g/mol. The Kier molecular flexibility index (Phi) is 6.49. The number of aliphatic hydroxyl groups excluding tert-OH is 1. The maximum absolute atomic E-state index is 12.0. The molecule has 5 heteroatoms. The Morgan fingerprint density at radius 3 is 2.52 bits per heavy atom. The van der Waals surface area contributed by atoms with Crippen LogP contribution in [0, 0.1) is 0 Å². The Labute approximate surface area is 126 Å². The first-order valence-corrected chi connectivity index (χ1v) is 7.29. The van der Waals surface area contributed by atoms with E-state index >= 15 is 0 Å². The standard InChI is InChI=1S/C16H26N2O3/c1-6-18(10-15(20)17-11(2)3)13-8-7-9-14(21-5)16(13)12(4)19/h7-9,11-12,19H,6,10H2,1-5H3,(H,17,20)/t12-/m1/s1. The van der Waals surface area contributed by atoms with Crippen LogP contribution in [0.25, 0.3) is 0 Å². The normalized spacial score (nSPS) is 12.1. The van der Waals surface area contributed by atoms with Crippen LogP contribution in [0.4, 0.5) is 5.69 Å². The molecule has 0 radical (unpaired) electrons. The van der Waals surface area contributed by atoms with E-state index < -0.39 is 6.10 Å². The van der Waals surface area contributed by atoms with Gasteiger partial charge in [0.05, 0.1) is 19.8 Å². The third-order valence-electron chi connectivity index (χ3n) is 3.19. The predicted octanol–water partition coefficient (Wildman–Crippen LogP) is 2.10. The van der Waals surface area contributed by atoms with Crippen LogP contribution in [-0.4, -0.2) is 37.3 Å². The van der Waals surface area contributed by atoms with Crippen LogP contribution in [0.5, 0.6) is 5.75 Å². The Morgan fingerprint density at radius 2 is 2.05 bits per heavy atom. The van der Waals surface area contributed by atoms with Crippen LogP contribution >= 0.6 is 0 Å². The van der Waals surface area contributed by atoms with Crippen molar-refractivity contribution in [3.05, 3.63) is 23.8 Å². The van der Waals surface area contributed by atoms with Gasteiger partial charge in [-0.25, -0.2) is 0 Å². The van der Waals surface area contributed by atoms with E-state index in [0.717, 1.165) is 5.69 Å². The van der Waals surface area contributed by atoms with Crippen molar-refractivity contribution in [3.63, 3.8) is 0 Å². The molecule has 1 amide bonds. The molecule has 0 spiro atoms. The maximum atomic E-state index is 12.0. The zero-order chi connectivity index (χ0) is 16.0. The number of benzene rings is 1. The van der Waals surface area contributed by atoms with Crippen molar-refractivity contribution in [3.8, 4) is 5.75 Å². The van der Waals surface area contributed by atoms with Gasteiger partial charge in [-0.3, -0.25) is 4.79 Å². The SMILES string of the molecule is CCN(CC(=O)NC(C)C)c1cccc(OC)c1[C@@H](C)O. The molecule has 21 heavy (non-hydrogen) atoms. The Balaban J connectivity index is 3.08. The number of aliphatic hydroxyl groups is 1. The minimum Gasteiger partial charge on any atom is -0.496 e. The molecule has 0 aromatic heterocycles. The Bertz CT molecular complexity index is 473. The highest BCUT2D eigenvalue weighted by Gasteiger charge is 2.19. The van der Waals surface area contributed by atoms with Gasteiger partial charge in [-0.2, -0.15) is 0 Å². The third kappa shape index (κ3) is 4.63. The highest BCUT2D eigenvalue weighted by Crippen LogP contribution is 2.34. The molecule has 0 aliphatic heterocycles. The first-order chi connectivity index (χ1) is 9.90. The zero-order valence-electron chi connectivity index (χ0n) is 13.5. The van der Waals surface area contributed by atoms with Crippen molar-refractivity contribution in [2.75, 3.05) is 25.1 Å². The Morgan fingerprint density at radius 1 is 1.38 bits per heavy atom. The topological polar surface area (TPSA) is 61.8 Å². The van der Waals surface area contributed by atoms with Crippen LogP contribution in [0.3, 0.4) is 0 Å². The summed E-state index contributed by atoms with van der Waals surface area (Å²) in [6.07, 6.45) is -0.668. The molecule has 0 unspecified atom stereocenters. The average Bonchev–Trinajstić information content (AvgIpc) is 2.42. The average molecular weight is 294 g/mol. The molecule has 1 atom stereocenters. The Hall–Kier alpha value is -1.75. The number of ether oxygens (including phenoxy) is 1. The van der Waals surface area contributed by atoms with E-state index in [0.29, 0.717) is 17.9 Å². The fourth-order valence-corrected chi connectivity index (χ4v) is 2.31. The van der Waals surface area contributed by atoms with Gasteiger partial charge >= 0.3 is 0 Å². The maximum Gasteiger partial charge on any atom is 0.239 e. The van der Waals surface area contributed by atoms with E-state index in [1.165, 1.54) is 0 Å². The smallest absolute Gasteiger partial charge is 0.239 e. The first kappa shape index (κ1) is 17.3. The number of amides is 1. The molecule has 5 nitrogen and oxygen atoms in total. The van der Waals surface area contributed by atoms with Crippen LogP contribution in [-0.2, 0) is 4.79 Å². The molecule has 1 rings (SSSR count). The van der Waals surface area contributed by atoms with Gasteiger partial charge in [0.25, 0.3) is 0 Å². The molecule has 1 aromatic rings. The van der Waals surface area contributed by atoms with E-state index in [9.17, 15) is 9.90 Å². The summed E-state index contributed by atoms with van der Waals surface area (Å²) >= 11 is 0. The lowest BCUT2D eigenvalue weighted by Gasteiger charge is -2.27. The number of anilines is 1. The quantitative estimate of drug-likeness (QED) is 0.808. The van der Waals surface area contributed by atoms with Gasteiger partial charge in [0.2, 0.25) is 5.91 Å². The largest absolute Gasteiger partial charge is 0.496 e. The van der Waals surface area contributed by atoms with E-state index in [4.69, 9.17) is 4.74 Å². The fourth-order valence-electron chi connectivity index (χ4n) is 2.31. The summed E-state index contributed by atoms with van der Waals surface area (Å²) in [6, 6.07) is 5.69. The molecule has 0 saturated carbocycles. The number of nitrogens with zero attached hydrogens (tertiary/aromatic N) is 1. The highest BCUT2D eigenvalue weighted by atomic mass is 16.5. The number of carbonyl (C=O) groups is 1. The molecule has 2 N–H and O–H groups in total.